The van der Waals surface area contributed by atoms with E-state index in [0.717, 1.165) is 19.3 Å². The van der Waals surface area contributed by atoms with Crippen molar-refractivity contribution < 1.29 is 4.79 Å². The van der Waals surface area contributed by atoms with Crippen molar-refractivity contribution in [3.63, 3.8) is 0 Å². The number of carbonyl (C=O) groups excluding carboxylic acids is 1. The van der Waals surface area contributed by atoms with Crippen LogP contribution in [0.5, 0.6) is 0 Å². The van der Waals surface area contributed by atoms with Gasteiger partial charge in [-0.05, 0) is 32.1 Å². The summed E-state index contributed by atoms with van der Waals surface area (Å²) in [6.07, 6.45) is 8.76. The Morgan fingerprint density at radius 3 is 2.92 bits per heavy atom. The quantitative estimate of drug-likeness (QED) is 0.605. The summed E-state index contributed by atoms with van der Waals surface area (Å²) in [6.45, 7) is 4.41. The van der Waals surface area contributed by atoms with Gasteiger partial charge in [-0.1, -0.05) is 25.0 Å². The van der Waals surface area contributed by atoms with Gasteiger partial charge in [-0.3, -0.25) is 4.79 Å². The molecule has 0 bridgehead atoms. The summed E-state index contributed by atoms with van der Waals surface area (Å²) in [5.74, 6) is 1.01. The average Bonchev–Trinajstić information content (AvgIpc) is 2.48. The Balaban J connectivity index is 2.32. The molecule has 74 valence electrons. The van der Waals surface area contributed by atoms with E-state index in [9.17, 15) is 4.79 Å². The molecule has 1 nitrogen and oxygen atoms in total. The smallest absolute Gasteiger partial charge is 0.133 e. The third-order valence-electron chi connectivity index (χ3n) is 2.73. The standard InChI is InChI=1S/C12H20O/c1-3-4-5-10(2)8-11-6-7-12(13)9-11/h8,11H,3-7,9H2,1-2H3/b10-8+/t11-/m0/s1. The predicted octanol–water partition coefficient (Wildman–Crippen LogP) is 3.49. The first kappa shape index (κ1) is 10.5. The Morgan fingerprint density at radius 2 is 2.38 bits per heavy atom. The second-order valence-corrected chi connectivity index (χ2v) is 4.16. The van der Waals surface area contributed by atoms with Gasteiger partial charge in [0.05, 0.1) is 0 Å². The molecule has 1 aliphatic rings. The maximum Gasteiger partial charge on any atom is 0.133 e. The zero-order chi connectivity index (χ0) is 9.68. The predicted molar refractivity (Wildman–Crippen MR) is 55.6 cm³/mol. The van der Waals surface area contributed by atoms with E-state index in [0.29, 0.717) is 11.7 Å². The number of ketones is 1. The fourth-order valence-electron chi connectivity index (χ4n) is 1.93. The minimum atomic E-state index is 0.449. The van der Waals surface area contributed by atoms with Crippen molar-refractivity contribution in [3.05, 3.63) is 11.6 Å². The molecule has 1 rings (SSSR count). The number of unbranched alkanes of at least 4 members (excludes halogenated alkanes) is 1. The van der Waals surface area contributed by atoms with Crippen LogP contribution in [0.1, 0.15) is 52.4 Å². The second kappa shape index (κ2) is 5.21. The molecule has 1 heteroatoms. The minimum absolute atomic E-state index is 0.449. The first-order chi connectivity index (χ1) is 6.22. The van der Waals surface area contributed by atoms with Crippen molar-refractivity contribution in [2.24, 2.45) is 5.92 Å². The van der Waals surface area contributed by atoms with E-state index in [1.807, 2.05) is 0 Å². The van der Waals surface area contributed by atoms with Crippen molar-refractivity contribution in [1.82, 2.24) is 0 Å². The van der Waals surface area contributed by atoms with Crippen LogP contribution in [0.3, 0.4) is 0 Å². The van der Waals surface area contributed by atoms with Crippen molar-refractivity contribution in [3.8, 4) is 0 Å². The molecule has 0 unspecified atom stereocenters. The van der Waals surface area contributed by atoms with Gasteiger partial charge in [-0.2, -0.15) is 0 Å². The third-order valence-corrected chi connectivity index (χ3v) is 2.73. The van der Waals surface area contributed by atoms with E-state index in [2.05, 4.69) is 19.9 Å². The highest BCUT2D eigenvalue weighted by Crippen LogP contribution is 2.25. The first-order valence-corrected chi connectivity index (χ1v) is 5.41. The summed E-state index contributed by atoms with van der Waals surface area (Å²) in [4.78, 5) is 11.0. The van der Waals surface area contributed by atoms with E-state index in [-0.39, 0.29) is 0 Å². The Hall–Kier alpha value is -0.590. The van der Waals surface area contributed by atoms with E-state index < -0.39 is 0 Å². The average molecular weight is 180 g/mol. The molecule has 0 spiro atoms. The number of hydrogen-bond donors (Lipinski definition) is 0. The number of Topliss-reactive ketones (excluding diaryl/α,β-unsaturated/α-hetero) is 1. The molecular weight excluding hydrogens is 160 g/mol. The molecule has 0 aromatic heterocycles. The van der Waals surface area contributed by atoms with Crippen LogP contribution in [0, 0.1) is 5.92 Å². The largest absolute Gasteiger partial charge is 0.300 e. The highest BCUT2D eigenvalue weighted by molar-refractivity contribution is 5.80. The van der Waals surface area contributed by atoms with Gasteiger partial charge < -0.3 is 0 Å². The lowest BCUT2D eigenvalue weighted by atomic mass is 10.0. The van der Waals surface area contributed by atoms with Gasteiger partial charge in [-0.15, -0.1) is 0 Å². The fraction of sp³-hybridized carbons (Fsp3) is 0.750. The molecule has 0 N–H and O–H groups in total. The van der Waals surface area contributed by atoms with Crippen molar-refractivity contribution in [1.29, 1.82) is 0 Å². The normalized spacial score (nSPS) is 24.0. The molecule has 1 fully saturated rings. The summed E-state index contributed by atoms with van der Waals surface area (Å²) in [6, 6.07) is 0. The molecule has 1 aliphatic carbocycles. The van der Waals surface area contributed by atoms with Crippen LogP contribution >= 0.6 is 0 Å². The molecule has 0 aromatic rings. The lowest BCUT2D eigenvalue weighted by Gasteiger charge is -2.04. The second-order valence-electron chi connectivity index (χ2n) is 4.16. The summed E-state index contributed by atoms with van der Waals surface area (Å²) in [5.41, 5.74) is 1.47. The topological polar surface area (TPSA) is 17.1 Å². The molecule has 1 atom stereocenters. The van der Waals surface area contributed by atoms with Gasteiger partial charge in [0.2, 0.25) is 0 Å². The fourth-order valence-corrected chi connectivity index (χ4v) is 1.93. The van der Waals surface area contributed by atoms with Gasteiger partial charge in [0, 0.05) is 12.8 Å². The lowest BCUT2D eigenvalue weighted by Crippen LogP contribution is -1.92. The van der Waals surface area contributed by atoms with E-state index >= 15 is 0 Å². The Bertz CT molecular complexity index is 203. The van der Waals surface area contributed by atoms with Gasteiger partial charge >= 0.3 is 0 Å². The van der Waals surface area contributed by atoms with Gasteiger partial charge in [0.25, 0.3) is 0 Å². The monoisotopic (exact) mass is 180 g/mol. The number of carbonyl (C=O) groups is 1. The Kier molecular flexibility index (Phi) is 4.20. The van der Waals surface area contributed by atoms with Gasteiger partial charge in [0.1, 0.15) is 5.78 Å². The van der Waals surface area contributed by atoms with E-state index in [4.69, 9.17) is 0 Å². The molecular formula is C12H20O. The van der Waals surface area contributed by atoms with Crippen molar-refractivity contribution >= 4 is 5.78 Å². The van der Waals surface area contributed by atoms with Gasteiger partial charge in [-0.25, -0.2) is 0 Å². The van der Waals surface area contributed by atoms with Crippen LogP contribution in [-0.2, 0) is 4.79 Å². The minimum Gasteiger partial charge on any atom is -0.300 e. The molecule has 1 saturated carbocycles. The molecule has 0 amide bonds. The number of rotatable bonds is 4. The third kappa shape index (κ3) is 3.75. The lowest BCUT2D eigenvalue weighted by molar-refractivity contribution is -0.117. The molecule has 13 heavy (non-hydrogen) atoms. The molecule has 0 radical (unpaired) electrons. The van der Waals surface area contributed by atoms with E-state index in [1.165, 1.54) is 24.8 Å². The molecule has 0 aromatic carbocycles. The van der Waals surface area contributed by atoms with Crippen LogP contribution in [0.15, 0.2) is 11.6 Å². The first-order valence-electron chi connectivity index (χ1n) is 5.41. The Labute approximate surface area is 81.2 Å². The number of hydrogen-bond acceptors (Lipinski definition) is 1. The summed E-state index contributed by atoms with van der Waals surface area (Å²) >= 11 is 0. The summed E-state index contributed by atoms with van der Waals surface area (Å²) in [7, 11) is 0. The zero-order valence-corrected chi connectivity index (χ0v) is 8.81. The molecule has 0 heterocycles. The molecule has 0 aliphatic heterocycles. The van der Waals surface area contributed by atoms with Crippen LogP contribution < -0.4 is 0 Å². The van der Waals surface area contributed by atoms with E-state index in [1.54, 1.807) is 0 Å². The number of allylic oxidation sites excluding steroid dienone is 2. The van der Waals surface area contributed by atoms with Gasteiger partial charge in [0.15, 0.2) is 0 Å². The zero-order valence-electron chi connectivity index (χ0n) is 8.81. The van der Waals surface area contributed by atoms with Crippen LogP contribution in [0.25, 0.3) is 0 Å². The summed E-state index contributed by atoms with van der Waals surface area (Å²) < 4.78 is 0. The SMILES string of the molecule is CCCC/C(C)=C/[C@@H]1CCC(=O)C1. The van der Waals surface area contributed by atoms with Crippen LogP contribution in [0.4, 0.5) is 0 Å². The van der Waals surface area contributed by atoms with Crippen LogP contribution in [-0.4, -0.2) is 5.78 Å². The maximum absolute atomic E-state index is 11.0. The summed E-state index contributed by atoms with van der Waals surface area (Å²) in [5, 5.41) is 0. The van der Waals surface area contributed by atoms with Crippen LogP contribution in [0.2, 0.25) is 0 Å². The highest BCUT2D eigenvalue weighted by atomic mass is 16.1. The molecule has 0 saturated heterocycles. The maximum atomic E-state index is 11.0. The van der Waals surface area contributed by atoms with Crippen molar-refractivity contribution in [2.75, 3.05) is 0 Å². The highest BCUT2D eigenvalue weighted by Gasteiger charge is 2.19. The Morgan fingerprint density at radius 1 is 1.62 bits per heavy atom. The van der Waals surface area contributed by atoms with Crippen molar-refractivity contribution in [2.45, 2.75) is 52.4 Å².